The van der Waals surface area contributed by atoms with Gasteiger partial charge in [0.05, 0.1) is 5.69 Å². The topological polar surface area (TPSA) is 43.3 Å². The highest BCUT2D eigenvalue weighted by atomic mass is 35.5. The maximum atomic E-state index is 6.06. The first-order valence-electron chi connectivity index (χ1n) is 4.76. The van der Waals surface area contributed by atoms with E-state index >= 15 is 0 Å². The van der Waals surface area contributed by atoms with Crippen LogP contribution in [0.4, 0.5) is 0 Å². The van der Waals surface area contributed by atoms with Crippen molar-refractivity contribution in [3.05, 3.63) is 28.0 Å². The van der Waals surface area contributed by atoms with Crippen molar-refractivity contribution in [2.45, 2.75) is 13.3 Å². The van der Waals surface area contributed by atoms with E-state index in [-0.39, 0.29) is 0 Å². The van der Waals surface area contributed by atoms with Gasteiger partial charge in [-0.2, -0.15) is 0 Å². The number of fused-ring (bicyclic) bond motifs is 1. The Bertz CT molecular complexity index is 492. The molecule has 5 heteroatoms. The summed E-state index contributed by atoms with van der Waals surface area (Å²) in [6, 6.07) is 0. The van der Waals surface area contributed by atoms with E-state index in [0.29, 0.717) is 11.7 Å². The summed E-state index contributed by atoms with van der Waals surface area (Å²) in [5, 5.41) is 2.53. The van der Waals surface area contributed by atoms with Crippen LogP contribution in [0, 0.1) is 0 Å². The standard InChI is InChI=1S/C10H12ClN3S/c1-2-7(6-12)5-8-9(11)13-10-14(8)3-4-15-10/h3-5H,2,6,12H2,1H3. The van der Waals surface area contributed by atoms with Crippen molar-refractivity contribution < 1.29 is 0 Å². The molecule has 2 aromatic rings. The molecule has 2 heterocycles. The SMILES string of the molecule is CCC(=Cc1c(Cl)nc2sccn12)CN. The molecule has 2 aromatic heterocycles. The number of halogens is 1. The highest BCUT2D eigenvalue weighted by molar-refractivity contribution is 7.15. The smallest absolute Gasteiger partial charge is 0.195 e. The van der Waals surface area contributed by atoms with Gasteiger partial charge in [-0.3, -0.25) is 4.40 Å². The molecule has 15 heavy (non-hydrogen) atoms. The lowest BCUT2D eigenvalue weighted by atomic mass is 10.2. The lowest BCUT2D eigenvalue weighted by Gasteiger charge is -1.99. The number of rotatable bonds is 3. The fourth-order valence-corrected chi connectivity index (χ4v) is 2.40. The molecular formula is C10H12ClN3S. The van der Waals surface area contributed by atoms with Crippen molar-refractivity contribution in [2.24, 2.45) is 5.73 Å². The van der Waals surface area contributed by atoms with Crippen LogP contribution in [0.1, 0.15) is 19.0 Å². The molecule has 0 aliphatic heterocycles. The van der Waals surface area contributed by atoms with Crippen LogP contribution in [-0.2, 0) is 0 Å². The summed E-state index contributed by atoms with van der Waals surface area (Å²) in [5.41, 5.74) is 7.73. The molecule has 0 radical (unpaired) electrons. The fraction of sp³-hybridized carbons (Fsp3) is 0.300. The van der Waals surface area contributed by atoms with Gasteiger partial charge in [-0.15, -0.1) is 11.3 Å². The number of nitrogens with zero attached hydrogens (tertiary/aromatic N) is 2. The van der Waals surface area contributed by atoms with Crippen LogP contribution in [0.3, 0.4) is 0 Å². The van der Waals surface area contributed by atoms with Gasteiger partial charge in [-0.05, 0) is 12.5 Å². The van der Waals surface area contributed by atoms with Crippen LogP contribution in [0.2, 0.25) is 5.15 Å². The average molecular weight is 242 g/mol. The zero-order valence-electron chi connectivity index (χ0n) is 8.40. The molecule has 0 unspecified atom stereocenters. The van der Waals surface area contributed by atoms with Gasteiger partial charge in [0, 0.05) is 18.1 Å². The molecule has 2 rings (SSSR count). The minimum atomic E-state index is 0.543. The van der Waals surface area contributed by atoms with E-state index in [1.807, 2.05) is 22.1 Å². The van der Waals surface area contributed by atoms with Gasteiger partial charge >= 0.3 is 0 Å². The third-order valence-electron chi connectivity index (χ3n) is 2.31. The quantitative estimate of drug-likeness (QED) is 0.898. The van der Waals surface area contributed by atoms with E-state index in [1.165, 1.54) is 5.57 Å². The Kier molecular flexibility index (Phi) is 3.09. The van der Waals surface area contributed by atoms with E-state index in [2.05, 4.69) is 11.9 Å². The number of hydrogen-bond donors (Lipinski definition) is 1. The fourth-order valence-electron chi connectivity index (χ4n) is 1.40. The highest BCUT2D eigenvalue weighted by Gasteiger charge is 2.09. The van der Waals surface area contributed by atoms with E-state index in [1.54, 1.807) is 11.3 Å². The Balaban J connectivity index is 2.54. The van der Waals surface area contributed by atoms with Gasteiger partial charge in [0.1, 0.15) is 0 Å². The molecule has 0 spiro atoms. The van der Waals surface area contributed by atoms with E-state index < -0.39 is 0 Å². The molecule has 0 aromatic carbocycles. The maximum absolute atomic E-state index is 6.06. The van der Waals surface area contributed by atoms with Crippen molar-refractivity contribution in [1.82, 2.24) is 9.38 Å². The molecule has 0 saturated carbocycles. The Morgan fingerprint density at radius 1 is 1.73 bits per heavy atom. The number of imidazole rings is 1. The van der Waals surface area contributed by atoms with Crippen LogP contribution < -0.4 is 5.73 Å². The third kappa shape index (κ3) is 1.93. The first-order valence-corrected chi connectivity index (χ1v) is 6.02. The molecule has 0 amide bonds. The van der Waals surface area contributed by atoms with Crippen molar-refractivity contribution in [3.63, 3.8) is 0 Å². The van der Waals surface area contributed by atoms with Crippen molar-refractivity contribution >= 4 is 34.0 Å². The third-order valence-corrected chi connectivity index (χ3v) is 3.35. The summed E-state index contributed by atoms with van der Waals surface area (Å²) < 4.78 is 1.98. The second-order valence-electron chi connectivity index (χ2n) is 3.20. The van der Waals surface area contributed by atoms with Crippen LogP contribution in [-0.4, -0.2) is 15.9 Å². The average Bonchev–Trinajstić information content (AvgIpc) is 2.77. The Morgan fingerprint density at radius 2 is 2.53 bits per heavy atom. The lowest BCUT2D eigenvalue weighted by molar-refractivity contribution is 1.02. The summed E-state index contributed by atoms with van der Waals surface area (Å²) in [5.74, 6) is 0. The Labute approximate surface area is 97.2 Å². The van der Waals surface area contributed by atoms with Crippen LogP contribution in [0.5, 0.6) is 0 Å². The predicted molar refractivity (Wildman–Crippen MR) is 65.4 cm³/mol. The second kappa shape index (κ2) is 4.35. The minimum absolute atomic E-state index is 0.543. The summed E-state index contributed by atoms with van der Waals surface area (Å²) in [7, 11) is 0. The normalized spacial score (nSPS) is 12.6. The maximum Gasteiger partial charge on any atom is 0.195 e. The van der Waals surface area contributed by atoms with Crippen molar-refractivity contribution in [2.75, 3.05) is 6.54 Å². The predicted octanol–water partition coefficient (Wildman–Crippen LogP) is 2.80. The van der Waals surface area contributed by atoms with Gasteiger partial charge in [0.25, 0.3) is 0 Å². The number of hydrogen-bond acceptors (Lipinski definition) is 3. The molecule has 0 bridgehead atoms. The molecule has 2 N–H and O–H groups in total. The van der Waals surface area contributed by atoms with E-state index in [0.717, 1.165) is 17.1 Å². The summed E-state index contributed by atoms with van der Waals surface area (Å²) in [4.78, 5) is 5.17. The van der Waals surface area contributed by atoms with Crippen molar-refractivity contribution in [3.8, 4) is 0 Å². The first-order chi connectivity index (χ1) is 7.26. The summed E-state index contributed by atoms with van der Waals surface area (Å²) >= 11 is 7.63. The Morgan fingerprint density at radius 3 is 3.20 bits per heavy atom. The van der Waals surface area contributed by atoms with Gasteiger partial charge in [-0.1, -0.05) is 24.1 Å². The molecule has 0 fully saturated rings. The number of aromatic nitrogens is 2. The van der Waals surface area contributed by atoms with Gasteiger partial charge in [0.15, 0.2) is 10.1 Å². The van der Waals surface area contributed by atoms with Gasteiger partial charge in [-0.25, -0.2) is 4.98 Å². The highest BCUT2D eigenvalue weighted by Crippen LogP contribution is 2.23. The zero-order chi connectivity index (χ0) is 10.8. The zero-order valence-corrected chi connectivity index (χ0v) is 9.98. The van der Waals surface area contributed by atoms with Gasteiger partial charge in [0.2, 0.25) is 0 Å². The molecule has 0 atom stereocenters. The molecule has 80 valence electrons. The molecule has 0 saturated heterocycles. The number of nitrogens with two attached hydrogens (primary N) is 1. The van der Waals surface area contributed by atoms with Crippen molar-refractivity contribution in [1.29, 1.82) is 0 Å². The first kappa shape index (κ1) is 10.7. The molecule has 0 aliphatic rings. The molecule has 3 nitrogen and oxygen atoms in total. The van der Waals surface area contributed by atoms with Gasteiger partial charge < -0.3 is 5.73 Å². The second-order valence-corrected chi connectivity index (χ2v) is 4.43. The van der Waals surface area contributed by atoms with Crippen LogP contribution in [0.25, 0.3) is 11.0 Å². The number of thiazole rings is 1. The molecular weight excluding hydrogens is 230 g/mol. The largest absolute Gasteiger partial charge is 0.327 e. The summed E-state index contributed by atoms with van der Waals surface area (Å²) in [6.45, 7) is 2.64. The van der Waals surface area contributed by atoms with Crippen LogP contribution >= 0.6 is 22.9 Å². The summed E-state index contributed by atoms with van der Waals surface area (Å²) in [6.07, 6.45) is 4.92. The van der Waals surface area contributed by atoms with E-state index in [9.17, 15) is 0 Å². The van der Waals surface area contributed by atoms with Crippen LogP contribution in [0.15, 0.2) is 17.2 Å². The van der Waals surface area contributed by atoms with E-state index in [4.69, 9.17) is 17.3 Å². The lowest BCUT2D eigenvalue weighted by Crippen LogP contribution is -2.02. The monoisotopic (exact) mass is 241 g/mol. The minimum Gasteiger partial charge on any atom is -0.327 e. The molecule has 0 aliphatic carbocycles. The Hall–Kier alpha value is -0.840.